The third kappa shape index (κ3) is 3.13. The number of ether oxygens (including phenoxy) is 1. The lowest BCUT2D eigenvalue weighted by Gasteiger charge is -2.37. The zero-order valence-electron chi connectivity index (χ0n) is 10.8. The number of halogens is 3. The lowest BCUT2D eigenvalue weighted by Crippen LogP contribution is -2.39. The summed E-state index contributed by atoms with van der Waals surface area (Å²) in [5, 5.41) is 10.8. The fourth-order valence-electron chi connectivity index (χ4n) is 2.57. The van der Waals surface area contributed by atoms with Gasteiger partial charge in [0.15, 0.2) is 0 Å². The topological polar surface area (TPSA) is 29.5 Å². The summed E-state index contributed by atoms with van der Waals surface area (Å²) < 4.78 is 20.3. The second-order valence-corrected chi connectivity index (χ2v) is 6.22. The van der Waals surface area contributed by atoms with Gasteiger partial charge < -0.3 is 9.84 Å². The standard InChI is InChI=1S/C14H17BrClFO2/c1-2-3-9-8-14(18,6-7-19-9)10-4-5-11(15)12(16)13(10)17/h4-5,9,18H,2-3,6-8H2,1H3. The second-order valence-electron chi connectivity index (χ2n) is 4.99. The van der Waals surface area contributed by atoms with Crippen molar-refractivity contribution in [3.05, 3.63) is 33.0 Å². The summed E-state index contributed by atoms with van der Waals surface area (Å²) in [5.74, 6) is -0.546. The van der Waals surface area contributed by atoms with Crippen molar-refractivity contribution in [1.29, 1.82) is 0 Å². The van der Waals surface area contributed by atoms with Crippen molar-refractivity contribution in [3.8, 4) is 0 Å². The maximum Gasteiger partial charge on any atom is 0.149 e. The zero-order chi connectivity index (χ0) is 14.0. The number of hydrogen-bond acceptors (Lipinski definition) is 2. The molecule has 0 spiro atoms. The predicted molar refractivity (Wildman–Crippen MR) is 76.9 cm³/mol. The summed E-state index contributed by atoms with van der Waals surface area (Å²) in [5.41, 5.74) is -0.919. The molecule has 1 fully saturated rings. The lowest BCUT2D eigenvalue weighted by atomic mass is 9.82. The Morgan fingerprint density at radius 1 is 1.58 bits per heavy atom. The Balaban J connectivity index is 2.31. The molecule has 0 radical (unpaired) electrons. The van der Waals surface area contributed by atoms with Gasteiger partial charge in [-0.3, -0.25) is 0 Å². The summed E-state index contributed by atoms with van der Waals surface area (Å²) in [6, 6.07) is 3.27. The molecule has 0 amide bonds. The van der Waals surface area contributed by atoms with Gasteiger partial charge in [-0.05, 0) is 28.4 Å². The average molecular weight is 352 g/mol. The first-order valence-corrected chi connectivity index (χ1v) is 7.63. The number of rotatable bonds is 3. The highest BCUT2D eigenvalue weighted by atomic mass is 79.9. The smallest absolute Gasteiger partial charge is 0.149 e. The van der Waals surface area contributed by atoms with E-state index in [0.29, 0.717) is 23.9 Å². The molecule has 1 aliphatic rings. The zero-order valence-corrected chi connectivity index (χ0v) is 13.1. The molecular weight excluding hydrogens is 335 g/mol. The molecule has 1 aromatic rings. The second kappa shape index (κ2) is 6.08. The van der Waals surface area contributed by atoms with Gasteiger partial charge in [0.05, 0.1) is 23.3 Å². The molecule has 0 bridgehead atoms. The van der Waals surface area contributed by atoms with Gasteiger partial charge in [-0.15, -0.1) is 0 Å². The molecule has 0 aliphatic carbocycles. The van der Waals surface area contributed by atoms with E-state index in [2.05, 4.69) is 22.9 Å². The fourth-order valence-corrected chi connectivity index (χ4v) is 3.04. The van der Waals surface area contributed by atoms with Crippen LogP contribution in [0.2, 0.25) is 5.02 Å². The minimum absolute atomic E-state index is 0.0180. The number of benzene rings is 1. The summed E-state index contributed by atoms with van der Waals surface area (Å²) >= 11 is 9.08. The molecule has 19 heavy (non-hydrogen) atoms. The summed E-state index contributed by atoms with van der Waals surface area (Å²) in [6.45, 7) is 2.50. The Labute approximate surface area is 126 Å². The van der Waals surface area contributed by atoms with Crippen LogP contribution in [-0.4, -0.2) is 17.8 Å². The molecule has 2 nitrogen and oxygen atoms in total. The largest absolute Gasteiger partial charge is 0.385 e. The van der Waals surface area contributed by atoms with Gasteiger partial charge in [-0.1, -0.05) is 31.0 Å². The Kier molecular flexibility index (Phi) is 4.88. The van der Waals surface area contributed by atoms with E-state index in [1.165, 1.54) is 0 Å². The van der Waals surface area contributed by atoms with Gasteiger partial charge in [0.2, 0.25) is 0 Å². The van der Waals surface area contributed by atoms with Crippen molar-refractivity contribution < 1.29 is 14.2 Å². The van der Waals surface area contributed by atoms with E-state index >= 15 is 0 Å². The van der Waals surface area contributed by atoms with E-state index in [9.17, 15) is 9.50 Å². The van der Waals surface area contributed by atoms with Gasteiger partial charge in [-0.2, -0.15) is 0 Å². The number of hydrogen-bond donors (Lipinski definition) is 1. The van der Waals surface area contributed by atoms with Gasteiger partial charge in [-0.25, -0.2) is 4.39 Å². The minimum Gasteiger partial charge on any atom is -0.385 e. The van der Waals surface area contributed by atoms with Gasteiger partial charge in [0, 0.05) is 22.9 Å². The van der Waals surface area contributed by atoms with Gasteiger partial charge >= 0.3 is 0 Å². The number of aliphatic hydroxyl groups is 1. The molecule has 1 aromatic carbocycles. The van der Waals surface area contributed by atoms with Gasteiger partial charge in [0.25, 0.3) is 0 Å². The summed E-state index contributed by atoms with van der Waals surface area (Å²) in [4.78, 5) is 0. The SMILES string of the molecule is CCCC1CC(O)(c2ccc(Br)c(Cl)c2F)CCO1. The van der Waals surface area contributed by atoms with Crippen LogP contribution < -0.4 is 0 Å². The first-order valence-electron chi connectivity index (χ1n) is 6.46. The van der Waals surface area contributed by atoms with Crippen molar-refractivity contribution >= 4 is 27.5 Å². The van der Waals surface area contributed by atoms with E-state index < -0.39 is 11.4 Å². The normalized spacial score (nSPS) is 27.5. The molecule has 1 N–H and O–H groups in total. The quantitative estimate of drug-likeness (QED) is 0.818. The molecule has 5 heteroatoms. The molecular formula is C14H17BrClFO2. The minimum atomic E-state index is -1.19. The van der Waals surface area contributed by atoms with Crippen molar-refractivity contribution in [2.24, 2.45) is 0 Å². The highest BCUT2D eigenvalue weighted by molar-refractivity contribution is 9.10. The monoisotopic (exact) mass is 350 g/mol. The predicted octanol–water partition coefficient (Wildman–Crippen LogP) is 4.41. The Morgan fingerprint density at radius 2 is 2.32 bits per heavy atom. The van der Waals surface area contributed by atoms with Crippen LogP contribution in [0.3, 0.4) is 0 Å². The van der Waals surface area contributed by atoms with Gasteiger partial charge in [0.1, 0.15) is 5.82 Å². The Morgan fingerprint density at radius 3 is 3.00 bits per heavy atom. The fraction of sp³-hybridized carbons (Fsp3) is 0.571. The van der Waals surface area contributed by atoms with Crippen LogP contribution in [0.5, 0.6) is 0 Å². The molecule has 0 aromatic heterocycles. The Bertz CT molecular complexity index is 467. The van der Waals surface area contributed by atoms with Crippen LogP contribution >= 0.6 is 27.5 Å². The highest BCUT2D eigenvalue weighted by Gasteiger charge is 2.38. The van der Waals surface area contributed by atoms with Crippen LogP contribution in [0.25, 0.3) is 0 Å². The highest BCUT2D eigenvalue weighted by Crippen LogP contribution is 2.40. The lowest BCUT2D eigenvalue weighted by molar-refractivity contribution is -0.111. The van der Waals surface area contributed by atoms with E-state index in [1.807, 2.05) is 0 Å². The van der Waals surface area contributed by atoms with E-state index in [-0.39, 0.29) is 16.7 Å². The molecule has 1 saturated heterocycles. The molecule has 1 heterocycles. The molecule has 106 valence electrons. The first kappa shape index (κ1) is 15.2. The summed E-state index contributed by atoms with van der Waals surface area (Å²) in [6.07, 6.45) is 2.63. The van der Waals surface area contributed by atoms with Crippen LogP contribution in [-0.2, 0) is 10.3 Å². The first-order chi connectivity index (χ1) is 8.98. The maximum absolute atomic E-state index is 14.2. The van der Waals surface area contributed by atoms with E-state index in [1.54, 1.807) is 12.1 Å². The molecule has 2 unspecified atom stereocenters. The molecule has 2 atom stereocenters. The van der Waals surface area contributed by atoms with E-state index in [0.717, 1.165) is 12.8 Å². The Hall–Kier alpha value is -0.160. The molecule has 2 rings (SSSR count). The molecule has 1 aliphatic heterocycles. The van der Waals surface area contributed by atoms with Crippen LogP contribution in [0, 0.1) is 5.82 Å². The third-order valence-corrected chi connectivity index (χ3v) is 4.84. The summed E-state index contributed by atoms with van der Waals surface area (Å²) in [7, 11) is 0. The van der Waals surface area contributed by atoms with Crippen LogP contribution in [0.4, 0.5) is 4.39 Å². The third-order valence-electron chi connectivity index (χ3n) is 3.58. The van der Waals surface area contributed by atoms with Crippen molar-refractivity contribution in [2.75, 3.05) is 6.61 Å². The van der Waals surface area contributed by atoms with Crippen LogP contribution in [0.1, 0.15) is 38.2 Å². The van der Waals surface area contributed by atoms with Crippen LogP contribution in [0.15, 0.2) is 16.6 Å². The maximum atomic E-state index is 14.2. The van der Waals surface area contributed by atoms with E-state index in [4.69, 9.17) is 16.3 Å². The average Bonchev–Trinajstić information content (AvgIpc) is 2.36. The molecule has 0 saturated carbocycles. The van der Waals surface area contributed by atoms with Crippen molar-refractivity contribution in [1.82, 2.24) is 0 Å². The van der Waals surface area contributed by atoms with Crippen molar-refractivity contribution in [3.63, 3.8) is 0 Å². The van der Waals surface area contributed by atoms with Crippen molar-refractivity contribution in [2.45, 2.75) is 44.3 Å².